The molecule has 1 aliphatic heterocycles. The summed E-state index contributed by atoms with van der Waals surface area (Å²) in [6, 6.07) is 7.35. The summed E-state index contributed by atoms with van der Waals surface area (Å²) in [6.45, 7) is 3.35. The molecule has 0 spiro atoms. The second kappa shape index (κ2) is 8.39. The minimum atomic E-state index is -0.450. The van der Waals surface area contributed by atoms with E-state index in [4.69, 9.17) is 5.11 Å². The molecule has 0 saturated carbocycles. The number of hydrogen-bond acceptors (Lipinski definition) is 8. The van der Waals surface area contributed by atoms with Gasteiger partial charge in [0.2, 0.25) is 11.6 Å². The second-order valence-electron chi connectivity index (χ2n) is 5.81. The first-order valence-corrected chi connectivity index (χ1v) is 8.98. The van der Waals surface area contributed by atoms with E-state index in [1.165, 1.54) is 6.33 Å². The van der Waals surface area contributed by atoms with Crippen molar-refractivity contribution in [2.75, 3.05) is 49.5 Å². The van der Waals surface area contributed by atoms with Crippen molar-refractivity contribution in [1.29, 1.82) is 0 Å². The molecular weight excluding hydrogens is 404 g/mol. The Balaban J connectivity index is 1.88. The average molecular weight is 423 g/mol. The molecule has 0 amide bonds. The van der Waals surface area contributed by atoms with Crippen LogP contribution in [-0.4, -0.2) is 64.2 Å². The Morgan fingerprint density at radius 2 is 1.96 bits per heavy atom. The highest BCUT2D eigenvalue weighted by Gasteiger charge is 2.29. The van der Waals surface area contributed by atoms with Crippen molar-refractivity contribution in [2.45, 2.75) is 0 Å². The van der Waals surface area contributed by atoms with Crippen LogP contribution < -0.4 is 10.2 Å². The van der Waals surface area contributed by atoms with Crippen molar-refractivity contribution >= 4 is 38.9 Å². The maximum Gasteiger partial charge on any atom is 0.353 e. The number of aliphatic hydroxyl groups excluding tert-OH is 1. The fraction of sp³-hybridized carbons (Fsp3) is 0.375. The van der Waals surface area contributed by atoms with Crippen LogP contribution >= 0.6 is 15.9 Å². The van der Waals surface area contributed by atoms with Gasteiger partial charge in [-0.05, 0) is 28.1 Å². The van der Waals surface area contributed by atoms with Crippen LogP contribution in [0.15, 0.2) is 35.1 Å². The third-order valence-electron chi connectivity index (χ3n) is 4.20. The lowest BCUT2D eigenvalue weighted by Gasteiger charge is -2.34. The van der Waals surface area contributed by atoms with Crippen molar-refractivity contribution < 1.29 is 10.0 Å². The number of benzene rings is 1. The number of para-hydroxylation sites is 1. The first-order chi connectivity index (χ1) is 12.6. The van der Waals surface area contributed by atoms with Gasteiger partial charge in [0.25, 0.3) is 0 Å². The van der Waals surface area contributed by atoms with Crippen molar-refractivity contribution in [3.63, 3.8) is 0 Å². The van der Waals surface area contributed by atoms with E-state index in [9.17, 15) is 10.1 Å². The lowest BCUT2D eigenvalue weighted by Crippen LogP contribution is -2.47. The van der Waals surface area contributed by atoms with Crippen LogP contribution in [0.1, 0.15) is 0 Å². The fourth-order valence-corrected chi connectivity index (χ4v) is 3.26. The zero-order valence-corrected chi connectivity index (χ0v) is 15.6. The third-order valence-corrected chi connectivity index (χ3v) is 4.89. The Bertz CT molecular complexity index is 782. The number of aromatic nitrogens is 2. The molecule has 0 unspecified atom stereocenters. The standard InChI is InChI=1S/C16H19BrN6O3/c17-12-3-1-2-4-13(12)20-15-14(23(25)26)16(19-11-18-15)22-7-5-21(6-8-22)9-10-24/h1-4,11,24H,5-10H2,(H,18,19,20). The number of aliphatic hydroxyl groups is 1. The Kier molecular flexibility index (Phi) is 5.96. The summed E-state index contributed by atoms with van der Waals surface area (Å²) in [4.78, 5) is 23.5. The Morgan fingerprint density at radius 1 is 1.23 bits per heavy atom. The van der Waals surface area contributed by atoms with Gasteiger partial charge >= 0.3 is 5.69 Å². The number of nitro groups is 1. The normalized spacial score (nSPS) is 15.1. The molecule has 1 aromatic heterocycles. The second-order valence-corrected chi connectivity index (χ2v) is 6.66. The number of piperazine rings is 1. The van der Waals surface area contributed by atoms with Gasteiger partial charge in [-0.25, -0.2) is 9.97 Å². The van der Waals surface area contributed by atoms with Crippen LogP contribution in [0.5, 0.6) is 0 Å². The van der Waals surface area contributed by atoms with Crippen molar-refractivity contribution in [2.24, 2.45) is 0 Å². The van der Waals surface area contributed by atoms with Crippen molar-refractivity contribution in [3.05, 3.63) is 45.2 Å². The van der Waals surface area contributed by atoms with Gasteiger partial charge in [-0.15, -0.1) is 0 Å². The molecule has 0 aliphatic carbocycles. The Labute approximate surface area is 158 Å². The number of halogens is 1. The van der Waals surface area contributed by atoms with E-state index in [2.05, 4.69) is 36.1 Å². The highest BCUT2D eigenvalue weighted by atomic mass is 79.9. The fourth-order valence-electron chi connectivity index (χ4n) is 2.88. The van der Waals surface area contributed by atoms with Gasteiger partial charge in [0.1, 0.15) is 6.33 Å². The van der Waals surface area contributed by atoms with Gasteiger partial charge in [-0.3, -0.25) is 15.0 Å². The molecule has 1 fully saturated rings. The molecule has 3 rings (SSSR count). The van der Waals surface area contributed by atoms with E-state index in [-0.39, 0.29) is 18.1 Å². The smallest absolute Gasteiger partial charge is 0.353 e. The molecule has 1 saturated heterocycles. The van der Waals surface area contributed by atoms with E-state index < -0.39 is 4.92 Å². The van der Waals surface area contributed by atoms with E-state index in [0.29, 0.717) is 44.2 Å². The van der Waals surface area contributed by atoms with Gasteiger partial charge in [0, 0.05) is 37.2 Å². The van der Waals surface area contributed by atoms with E-state index in [1.807, 2.05) is 29.2 Å². The van der Waals surface area contributed by atoms with Crippen molar-refractivity contribution in [1.82, 2.24) is 14.9 Å². The highest BCUT2D eigenvalue weighted by molar-refractivity contribution is 9.10. The molecule has 2 aromatic rings. The predicted molar refractivity (Wildman–Crippen MR) is 102 cm³/mol. The molecule has 1 aliphatic rings. The molecule has 138 valence electrons. The number of β-amino-alcohol motifs (C(OH)–C–C–N with tert-alkyl or cyclic N) is 1. The highest BCUT2D eigenvalue weighted by Crippen LogP contribution is 2.35. The topological polar surface area (TPSA) is 108 Å². The van der Waals surface area contributed by atoms with E-state index in [1.54, 1.807) is 0 Å². The average Bonchev–Trinajstić information content (AvgIpc) is 2.64. The minimum Gasteiger partial charge on any atom is -0.395 e. The lowest BCUT2D eigenvalue weighted by atomic mass is 10.2. The SMILES string of the molecule is O=[N+]([O-])c1c(Nc2ccccc2Br)ncnc1N1CCN(CCO)CC1. The number of rotatable bonds is 6. The van der Waals surface area contributed by atoms with Crippen molar-refractivity contribution in [3.8, 4) is 0 Å². The van der Waals surface area contributed by atoms with Crippen LogP contribution in [0.4, 0.5) is 23.0 Å². The minimum absolute atomic E-state index is 0.105. The Hall–Kier alpha value is -2.30. The molecule has 9 nitrogen and oxygen atoms in total. The summed E-state index contributed by atoms with van der Waals surface area (Å²) in [5, 5.41) is 23.8. The summed E-state index contributed by atoms with van der Waals surface area (Å²) in [5.41, 5.74) is 0.548. The Morgan fingerprint density at radius 3 is 2.62 bits per heavy atom. The summed E-state index contributed by atoms with van der Waals surface area (Å²) in [6.07, 6.45) is 1.33. The molecule has 2 heterocycles. The van der Waals surface area contributed by atoms with Gasteiger partial charge in [0.05, 0.1) is 17.2 Å². The third kappa shape index (κ3) is 4.09. The molecule has 0 radical (unpaired) electrons. The molecule has 0 bridgehead atoms. The first kappa shape index (κ1) is 18.5. The molecule has 0 atom stereocenters. The van der Waals surface area contributed by atoms with Crippen LogP contribution in [0.3, 0.4) is 0 Å². The van der Waals surface area contributed by atoms with Gasteiger partial charge in [-0.1, -0.05) is 12.1 Å². The van der Waals surface area contributed by atoms with Gasteiger partial charge in [-0.2, -0.15) is 0 Å². The molecule has 1 aromatic carbocycles. The summed E-state index contributed by atoms with van der Waals surface area (Å²) < 4.78 is 0.784. The summed E-state index contributed by atoms with van der Waals surface area (Å²) in [7, 11) is 0. The van der Waals surface area contributed by atoms with E-state index in [0.717, 1.165) is 4.47 Å². The first-order valence-electron chi connectivity index (χ1n) is 8.19. The molecule has 2 N–H and O–H groups in total. The number of nitrogens with zero attached hydrogens (tertiary/aromatic N) is 5. The molecular formula is C16H19BrN6O3. The van der Waals surface area contributed by atoms with Crippen LogP contribution in [0, 0.1) is 10.1 Å². The zero-order valence-electron chi connectivity index (χ0n) is 14.0. The maximum absolute atomic E-state index is 11.7. The number of anilines is 3. The van der Waals surface area contributed by atoms with Gasteiger partial charge in [0.15, 0.2) is 0 Å². The molecule has 26 heavy (non-hydrogen) atoms. The monoisotopic (exact) mass is 422 g/mol. The predicted octanol–water partition coefficient (Wildman–Crippen LogP) is 2.01. The lowest BCUT2D eigenvalue weighted by molar-refractivity contribution is -0.383. The number of nitrogens with one attached hydrogen (secondary N) is 1. The van der Waals surface area contributed by atoms with Crippen LogP contribution in [0.25, 0.3) is 0 Å². The van der Waals surface area contributed by atoms with Gasteiger partial charge < -0.3 is 15.3 Å². The largest absolute Gasteiger partial charge is 0.395 e. The summed E-state index contributed by atoms with van der Waals surface area (Å²) >= 11 is 3.42. The zero-order chi connectivity index (χ0) is 18.5. The number of hydrogen-bond donors (Lipinski definition) is 2. The van der Waals surface area contributed by atoms with E-state index >= 15 is 0 Å². The quantitative estimate of drug-likeness (QED) is 0.537. The van der Waals surface area contributed by atoms with Crippen LogP contribution in [0.2, 0.25) is 0 Å². The molecule has 10 heteroatoms. The maximum atomic E-state index is 11.7. The summed E-state index contributed by atoms with van der Waals surface area (Å²) in [5.74, 6) is 0.466. The van der Waals surface area contributed by atoms with Crippen LogP contribution in [-0.2, 0) is 0 Å².